The first-order chi connectivity index (χ1) is 24.1. The molecule has 0 saturated heterocycles. The van der Waals surface area contributed by atoms with Gasteiger partial charge in [-0.05, 0) is 48.8 Å². The molecule has 0 spiro atoms. The van der Waals surface area contributed by atoms with Crippen molar-refractivity contribution in [3.63, 3.8) is 0 Å². The van der Waals surface area contributed by atoms with Crippen LogP contribution >= 0.6 is 0 Å². The van der Waals surface area contributed by atoms with Crippen LogP contribution in [0.1, 0.15) is 167 Å². The van der Waals surface area contributed by atoms with Crippen LogP contribution in [0.4, 0.5) is 0 Å². The molecule has 0 amide bonds. The van der Waals surface area contributed by atoms with E-state index in [0.717, 1.165) is 88.8 Å². The van der Waals surface area contributed by atoms with Crippen LogP contribution in [-0.2, 0) is 17.1 Å². The zero-order valence-corrected chi connectivity index (χ0v) is 34.8. The molecule has 0 heterocycles. The highest BCUT2D eigenvalue weighted by atomic mass is 28.5. The fraction of sp³-hybridized carbons (Fsp3) is 1.00. The summed E-state index contributed by atoms with van der Waals surface area (Å²) in [6.45, 7) is 1.51. The van der Waals surface area contributed by atoms with Gasteiger partial charge in [0.05, 0.1) is 0 Å². The maximum Gasteiger partial charge on any atom is 0.482 e. The maximum atomic E-state index is 11.1. The van der Waals surface area contributed by atoms with Gasteiger partial charge in [0.25, 0.3) is 0 Å². The molecule has 288 valence electrons. The van der Waals surface area contributed by atoms with Crippen molar-refractivity contribution in [1.82, 2.24) is 0 Å². The van der Waals surface area contributed by atoms with E-state index >= 15 is 0 Å². The Balaban J connectivity index is 4.66. The summed E-state index contributed by atoms with van der Waals surface area (Å²) in [7, 11) is -4.03. The molecule has 0 fully saturated rings. The topological polar surface area (TPSA) is 175 Å². The Bertz CT molecular complexity index is 814. The first-order valence-corrected chi connectivity index (χ1v) is 25.3. The van der Waals surface area contributed by atoms with Gasteiger partial charge in [-0.15, -0.1) is 0 Å². The second kappa shape index (κ2) is 38.3. The summed E-state index contributed by atoms with van der Waals surface area (Å²) in [5.74, 6) is 0. The summed E-state index contributed by atoms with van der Waals surface area (Å²) in [6.07, 6.45) is 29.6. The van der Waals surface area contributed by atoms with Crippen LogP contribution in [0.2, 0.25) is 18.1 Å². The molecule has 0 aromatic carbocycles. The summed E-state index contributed by atoms with van der Waals surface area (Å²) in [6, 6.07) is 2.38. The highest BCUT2D eigenvalue weighted by molar-refractivity contribution is 6.74. The van der Waals surface area contributed by atoms with Crippen molar-refractivity contribution in [2.24, 2.45) is 10.2 Å². The number of aliphatic hydroxyl groups excluding tert-OH is 1. The Kier molecular flexibility index (Phi) is 37.5. The maximum absolute atomic E-state index is 11.1. The number of rotatable bonds is 40. The highest BCUT2D eigenvalue weighted by Gasteiger charge is 2.44. The molecule has 0 bridgehead atoms. The van der Waals surface area contributed by atoms with Gasteiger partial charge in [-0.2, -0.15) is 0 Å². The third kappa shape index (κ3) is 32.7. The van der Waals surface area contributed by atoms with Crippen LogP contribution in [0.15, 0.2) is 10.2 Å². The number of unbranched alkanes of at least 4 members (excludes halogenated alkanes) is 23. The SMILES string of the molecule is CO[SiH](CCCCCCCCCCCN=[N+]=[N-])O[Si](CCCCCCCCCCCN=[N+]=[N-])(OC)O[SiH](O)CCCCCCCCCCO. The van der Waals surface area contributed by atoms with Crippen molar-refractivity contribution >= 4 is 27.4 Å². The van der Waals surface area contributed by atoms with Crippen LogP contribution < -0.4 is 0 Å². The summed E-state index contributed by atoms with van der Waals surface area (Å²) in [4.78, 5) is 16.7. The lowest BCUT2D eigenvalue weighted by molar-refractivity contribution is 0.167. The zero-order chi connectivity index (χ0) is 35.9. The molecular formula is C34H74N6O6Si3. The second-order valence-corrected chi connectivity index (χ2v) is 20.9. The molecule has 0 aliphatic rings. The molecule has 3 unspecified atom stereocenters. The monoisotopic (exact) mass is 746 g/mol. The molecular weight excluding hydrogens is 673 g/mol. The third-order valence-corrected chi connectivity index (χ3v) is 18.0. The second-order valence-electron chi connectivity index (χ2n) is 13.4. The first-order valence-electron chi connectivity index (χ1n) is 19.8. The van der Waals surface area contributed by atoms with Gasteiger partial charge in [0.2, 0.25) is 0 Å². The predicted octanol–water partition coefficient (Wildman–Crippen LogP) is 10.4. The molecule has 12 nitrogen and oxygen atoms in total. The number of nitrogens with zero attached hydrogens (tertiary/aromatic N) is 6. The Morgan fingerprint density at radius 2 is 0.918 bits per heavy atom. The van der Waals surface area contributed by atoms with Gasteiger partial charge < -0.3 is 27.0 Å². The molecule has 0 radical (unpaired) electrons. The van der Waals surface area contributed by atoms with E-state index < -0.39 is 27.4 Å². The van der Waals surface area contributed by atoms with Crippen molar-refractivity contribution in [2.45, 2.75) is 185 Å². The van der Waals surface area contributed by atoms with Gasteiger partial charge >= 0.3 is 27.4 Å². The van der Waals surface area contributed by atoms with E-state index in [-0.39, 0.29) is 0 Å². The number of hydrogen-bond donors (Lipinski definition) is 2. The third-order valence-electron chi connectivity index (χ3n) is 9.13. The average molecular weight is 747 g/mol. The Hall–Kier alpha value is -0.969. The van der Waals surface area contributed by atoms with Crippen LogP contribution in [0.3, 0.4) is 0 Å². The van der Waals surface area contributed by atoms with Crippen LogP contribution in [0.25, 0.3) is 20.9 Å². The first kappa shape index (κ1) is 48.0. The van der Waals surface area contributed by atoms with E-state index in [1.54, 1.807) is 14.2 Å². The van der Waals surface area contributed by atoms with Gasteiger partial charge in [0.1, 0.15) is 0 Å². The van der Waals surface area contributed by atoms with Crippen LogP contribution in [0, 0.1) is 0 Å². The van der Waals surface area contributed by atoms with E-state index in [9.17, 15) is 4.80 Å². The lowest BCUT2D eigenvalue weighted by atomic mass is 10.1. The Morgan fingerprint density at radius 3 is 1.33 bits per heavy atom. The van der Waals surface area contributed by atoms with Crippen molar-refractivity contribution in [3.8, 4) is 0 Å². The van der Waals surface area contributed by atoms with E-state index in [4.69, 9.17) is 33.3 Å². The number of hydrogen-bond acceptors (Lipinski definition) is 8. The minimum absolute atomic E-state index is 0.292. The molecule has 3 atom stereocenters. The quantitative estimate of drug-likeness (QED) is 0.0207. The normalized spacial score (nSPS) is 13.8. The van der Waals surface area contributed by atoms with Crippen LogP contribution in [-0.4, -0.2) is 71.2 Å². The van der Waals surface area contributed by atoms with Crippen molar-refractivity contribution in [3.05, 3.63) is 20.9 Å². The van der Waals surface area contributed by atoms with Gasteiger partial charge in [-0.25, -0.2) is 0 Å². The molecule has 15 heteroatoms. The molecule has 0 aliphatic carbocycles. The number of azide groups is 2. The summed E-state index contributed by atoms with van der Waals surface area (Å²) >= 11 is 0. The standard InChI is InChI=1S/C34H74N6O6Si3/c1-43-48(33-27-21-15-8-3-5-11-17-23-29-37-39-35)46-49(44-2,34-28-22-16-10-4-6-12-18-24-30-38-40-36)45-47(42)32-26-20-14-9-7-13-19-25-31-41/h41-42,47-48H,3-34H2,1-2H3. The van der Waals surface area contributed by atoms with Gasteiger partial charge in [-0.1, -0.05) is 151 Å². The Labute approximate surface area is 303 Å². The molecule has 49 heavy (non-hydrogen) atoms. The Morgan fingerprint density at radius 1 is 0.531 bits per heavy atom. The average Bonchev–Trinajstić information content (AvgIpc) is 3.11. The largest absolute Gasteiger partial charge is 0.482 e. The fourth-order valence-corrected chi connectivity index (χ4v) is 15.5. The van der Waals surface area contributed by atoms with Crippen molar-refractivity contribution < 1.29 is 27.0 Å². The van der Waals surface area contributed by atoms with E-state index in [1.165, 1.54) is 96.3 Å². The van der Waals surface area contributed by atoms with Crippen molar-refractivity contribution in [2.75, 3.05) is 33.9 Å². The minimum Gasteiger partial charge on any atom is -0.413 e. The lowest BCUT2D eigenvalue weighted by Crippen LogP contribution is -2.52. The number of aliphatic hydroxyl groups is 1. The van der Waals surface area contributed by atoms with Gasteiger partial charge in [0.15, 0.2) is 0 Å². The van der Waals surface area contributed by atoms with Gasteiger partial charge in [-0.3, -0.25) is 0 Å². The lowest BCUT2D eigenvalue weighted by Gasteiger charge is -2.33. The van der Waals surface area contributed by atoms with E-state index in [0.29, 0.717) is 19.7 Å². The van der Waals surface area contributed by atoms with E-state index in [1.807, 2.05) is 0 Å². The predicted molar refractivity (Wildman–Crippen MR) is 208 cm³/mol. The highest BCUT2D eigenvalue weighted by Crippen LogP contribution is 2.25. The molecule has 2 N–H and O–H groups in total. The van der Waals surface area contributed by atoms with E-state index in [2.05, 4.69) is 20.1 Å². The van der Waals surface area contributed by atoms with Crippen molar-refractivity contribution in [1.29, 1.82) is 0 Å². The van der Waals surface area contributed by atoms with Crippen LogP contribution in [0.5, 0.6) is 0 Å². The molecule has 0 rings (SSSR count). The van der Waals surface area contributed by atoms with Gasteiger partial charge in [0, 0.05) is 49.8 Å². The fourth-order valence-electron chi connectivity index (χ4n) is 6.11. The zero-order valence-electron chi connectivity index (χ0n) is 31.5. The minimum atomic E-state index is -3.04. The molecule has 0 saturated carbocycles. The summed E-state index contributed by atoms with van der Waals surface area (Å²) in [5, 5.41) is 16.1. The summed E-state index contributed by atoms with van der Waals surface area (Å²) in [5.41, 5.74) is 16.7. The molecule has 0 aromatic heterocycles. The molecule has 0 aromatic rings. The summed E-state index contributed by atoms with van der Waals surface area (Å²) < 4.78 is 25.2. The molecule has 0 aliphatic heterocycles. The smallest absolute Gasteiger partial charge is 0.413 e.